The fraction of sp³-hybridized carbons (Fsp3) is 0.792. The molecule has 0 radical (unpaired) electrons. The Bertz CT molecular complexity index is 927. The number of alkyl halides is 4. The molecule has 0 aromatic carbocycles. The van der Waals surface area contributed by atoms with Crippen molar-refractivity contribution < 1.29 is 32.8 Å². The number of rotatable bonds is 9. The highest BCUT2D eigenvalue weighted by Gasteiger charge is 2.51. The highest BCUT2D eigenvalue weighted by Crippen LogP contribution is 2.42. The second kappa shape index (κ2) is 13.2. The monoisotopic (exact) mass is 581 g/mol. The number of carbonyl (C=O) groups excluding carboxylic acids is 5. The summed E-state index contributed by atoms with van der Waals surface area (Å²) in [5.41, 5.74) is -2.36. The molecule has 3 N–H and O–H groups in total. The Balaban J connectivity index is 1.85. The van der Waals surface area contributed by atoms with E-state index in [1.165, 1.54) is 4.90 Å². The van der Waals surface area contributed by atoms with E-state index in [1.54, 1.807) is 13.8 Å². The summed E-state index contributed by atoms with van der Waals surface area (Å²) in [6.45, 7) is 3.97. The minimum absolute atomic E-state index is 0.0140. The van der Waals surface area contributed by atoms with Crippen LogP contribution in [0.25, 0.3) is 0 Å². The number of piperidine rings is 1. The predicted octanol–water partition coefficient (Wildman–Crippen LogP) is 1.60. The number of hydrogen-bond acceptors (Lipinski definition) is 5. The lowest BCUT2D eigenvalue weighted by molar-refractivity contribution is -0.150. The van der Waals surface area contributed by atoms with Crippen molar-refractivity contribution in [2.75, 3.05) is 19.6 Å². The largest absolute Gasteiger partial charge is 0.356 e. The molecule has 1 saturated carbocycles. The Morgan fingerprint density at radius 1 is 1.13 bits per heavy atom. The Labute approximate surface area is 230 Å². The highest BCUT2D eigenvalue weighted by molar-refractivity contribution is 6.30. The first-order valence-electron chi connectivity index (χ1n) is 13.0. The van der Waals surface area contributed by atoms with E-state index >= 15 is 0 Å². The van der Waals surface area contributed by atoms with Gasteiger partial charge in [-0.05, 0) is 43.4 Å². The molecule has 0 bridgehead atoms. The first-order valence-corrected chi connectivity index (χ1v) is 13.9. The zero-order chi connectivity index (χ0) is 28.1. The van der Waals surface area contributed by atoms with Crippen LogP contribution in [0, 0.1) is 23.7 Å². The molecule has 0 aromatic heterocycles. The maximum atomic E-state index is 13.8. The minimum atomic E-state index is -2.45. The van der Waals surface area contributed by atoms with Crippen molar-refractivity contribution >= 4 is 52.7 Å². The molecule has 10 nitrogen and oxygen atoms in total. The molecule has 8 atom stereocenters. The van der Waals surface area contributed by atoms with Gasteiger partial charge in [-0.3, -0.25) is 29.4 Å². The Morgan fingerprint density at radius 2 is 1.84 bits per heavy atom. The number of halogens is 4. The van der Waals surface area contributed by atoms with Crippen molar-refractivity contribution in [3.05, 3.63) is 0 Å². The Hall–Kier alpha value is -2.21. The van der Waals surface area contributed by atoms with E-state index < -0.39 is 58.8 Å². The molecule has 3 rings (SSSR count). The molecule has 2 heterocycles. The molecule has 3 fully saturated rings. The van der Waals surface area contributed by atoms with Crippen LogP contribution in [-0.2, 0) is 24.0 Å². The Kier molecular flexibility index (Phi) is 10.6. The smallest absolute Gasteiger partial charge is 0.291 e. The van der Waals surface area contributed by atoms with Crippen molar-refractivity contribution in [2.45, 2.75) is 75.7 Å². The van der Waals surface area contributed by atoms with Crippen LogP contribution in [0.3, 0.4) is 0 Å². The maximum Gasteiger partial charge on any atom is 0.291 e. The number of carbonyl (C=O) groups is 5. The molecule has 0 aromatic rings. The van der Waals surface area contributed by atoms with E-state index in [2.05, 4.69) is 16.1 Å². The third-order valence-corrected chi connectivity index (χ3v) is 8.30. The van der Waals surface area contributed by atoms with Gasteiger partial charge in [0.05, 0.1) is 12.5 Å². The number of hydrogen-bond donors (Lipinski definition) is 3. The van der Waals surface area contributed by atoms with Gasteiger partial charge in [-0.25, -0.2) is 13.8 Å². The number of likely N-dealkylation sites (tertiary alicyclic amines) is 1. The maximum absolute atomic E-state index is 13.8. The number of fused-ring (bicyclic) bond motifs is 1. The van der Waals surface area contributed by atoms with Crippen LogP contribution >= 0.6 is 23.2 Å². The van der Waals surface area contributed by atoms with Gasteiger partial charge in [-0.2, -0.15) is 0 Å². The predicted molar refractivity (Wildman–Crippen MR) is 135 cm³/mol. The van der Waals surface area contributed by atoms with Gasteiger partial charge in [0.1, 0.15) is 12.1 Å². The fourth-order valence-corrected chi connectivity index (χ4v) is 5.86. The van der Waals surface area contributed by atoms with Crippen LogP contribution in [0.4, 0.5) is 8.78 Å². The second-order valence-electron chi connectivity index (χ2n) is 10.3. The summed E-state index contributed by atoms with van der Waals surface area (Å²) in [4.78, 5) is 65.5. The molecule has 5 amide bonds. The molecule has 214 valence electrons. The van der Waals surface area contributed by atoms with E-state index in [4.69, 9.17) is 23.2 Å². The van der Waals surface area contributed by atoms with Gasteiger partial charge in [-0.1, -0.05) is 49.9 Å². The summed E-state index contributed by atoms with van der Waals surface area (Å²) in [6.07, 6.45) is 3.86. The van der Waals surface area contributed by atoms with Gasteiger partial charge in [0.15, 0.2) is 0 Å². The molecule has 3 aliphatic rings. The summed E-state index contributed by atoms with van der Waals surface area (Å²) >= 11 is 10.7. The van der Waals surface area contributed by atoms with Crippen LogP contribution in [0.15, 0.2) is 0 Å². The lowest BCUT2D eigenvalue weighted by Crippen LogP contribution is -2.60. The third-order valence-electron chi connectivity index (χ3n) is 7.92. The SMILES string of the molecule is CC[C@H](C)[C@H](NC(=O)[C@H](F)Cl)C(=O)N1C[C@@H]2CCC[C@@H]2[C@H]1C(=O)NN(C[C@H]1CCCNC1=O)C(=O)[C@H](F)Cl. The Morgan fingerprint density at radius 3 is 2.45 bits per heavy atom. The number of amides is 5. The molecule has 14 heteroatoms. The lowest BCUT2D eigenvalue weighted by Gasteiger charge is -2.35. The standard InChI is InChI=1S/C24H35Cl2F2N5O5/c1-3-12(2)16(30-22(36)18(25)27)23(37)32-10-13-6-4-8-15(13)17(32)21(35)31-33(24(38)19(26)28)11-14-7-5-9-29-20(14)34/h12-19H,3-11H2,1-2H3,(H,29,34)(H,30,36)(H,31,35)/t12-,13-,14+,15-,16-,17-,18-,19-/m0/s1. The van der Waals surface area contributed by atoms with Crippen molar-refractivity contribution in [3.63, 3.8) is 0 Å². The van der Waals surface area contributed by atoms with Crippen LogP contribution in [0.5, 0.6) is 0 Å². The molecule has 2 saturated heterocycles. The average molecular weight is 582 g/mol. The van der Waals surface area contributed by atoms with E-state index in [9.17, 15) is 32.8 Å². The van der Waals surface area contributed by atoms with E-state index in [1.807, 2.05) is 0 Å². The number of nitrogens with zero attached hydrogens (tertiary/aromatic N) is 2. The van der Waals surface area contributed by atoms with E-state index in [0.29, 0.717) is 32.2 Å². The fourth-order valence-electron chi connectivity index (χ4n) is 5.68. The molecule has 0 spiro atoms. The van der Waals surface area contributed by atoms with Gasteiger partial charge >= 0.3 is 0 Å². The number of nitrogens with one attached hydrogen (secondary N) is 3. The van der Waals surface area contributed by atoms with Gasteiger partial charge < -0.3 is 15.5 Å². The zero-order valence-electron chi connectivity index (χ0n) is 21.4. The van der Waals surface area contributed by atoms with Gasteiger partial charge in [0, 0.05) is 13.1 Å². The quantitative estimate of drug-likeness (QED) is 0.281. The summed E-state index contributed by atoms with van der Waals surface area (Å²) in [6, 6.07) is -2.14. The van der Waals surface area contributed by atoms with Crippen molar-refractivity contribution in [1.29, 1.82) is 0 Å². The molecule has 38 heavy (non-hydrogen) atoms. The third kappa shape index (κ3) is 6.86. The van der Waals surface area contributed by atoms with E-state index in [-0.39, 0.29) is 30.8 Å². The van der Waals surface area contributed by atoms with Gasteiger partial charge in [-0.15, -0.1) is 0 Å². The molecular weight excluding hydrogens is 547 g/mol. The van der Waals surface area contributed by atoms with E-state index in [0.717, 1.165) is 17.9 Å². The van der Waals surface area contributed by atoms with Gasteiger partial charge in [0.25, 0.3) is 29.0 Å². The van der Waals surface area contributed by atoms with Crippen LogP contribution < -0.4 is 16.1 Å². The summed E-state index contributed by atoms with van der Waals surface area (Å²) in [5.74, 6) is -5.24. The molecular formula is C24H35Cl2F2N5O5. The van der Waals surface area contributed by atoms with Crippen molar-refractivity contribution in [3.8, 4) is 0 Å². The summed E-state index contributed by atoms with van der Waals surface area (Å²) in [7, 11) is 0. The average Bonchev–Trinajstić information content (AvgIpc) is 3.48. The van der Waals surface area contributed by atoms with Crippen molar-refractivity contribution in [2.24, 2.45) is 23.7 Å². The van der Waals surface area contributed by atoms with Crippen molar-refractivity contribution in [1.82, 2.24) is 26.0 Å². The second-order valence-corrected chi connectivity index (χ2v) is 11.1. The molecule has 0 unspecified atom stereocenters. The normalized spacial score (nSPS) is 27.9. The minimum Gasteiger partial charge on any atom is -0.356 e. The van der Waals surface area contributed by atoms with Crippen LogP contribution in [0.2, 0.25) is 0 Å². The first kappa shape index (κ1) is 30.3. The van der Waals surface area contributed by atoms with Crippen LogP contribution in [-0.4, -0.2) is 82.4 Å². The van der Waals surface area contributed by atoms with Crippen LogP contribution in [0.1, 0.15) is 52.4 Å². The van der Waals surface area contributed by atoms with Gasteiger partial charge in [0.2, 0.25) is 11.8 Å². The topological polar surface area (TPSA) is 128 Å². The highest BCUT2D eigenvalue weighted by atomic mass is 35.5. The zero-order valence-corrected chi connectivity index (χ0v) is 22.9. The first-order chi connectivity index (χ1) is 18.0. The summed E-state index contributed by atoms with van der Waals surface area (Å²) < 4.78 is 27.3. The molecule has 1 aliphatic carbocycles. The molecule has 2 aliphatic heterocycles. The number of hydrazine groups is 1. The lowest BCUT2D eigenvalue weighted by atomic mass is 9.93. The summed E-state index contributed by atoms with van der Waals surface area (Å²) in [5, 5.41) is 5.75.